The normalized spacial score (nSPS) is 13.1. The summed E-state index contributed by atoms with van der Waals surface area (Å²) in [5.74, 6) is 0.345. The van der Waals surface area contributed by atoms with E-state index in [1.54, 1.807) is 11.3 Å². The molecule has 0 saturated heterocycles. The molecule has 1 aromatic heterocycles. The van der Waals surface area contributed by atoms with Crippen molar-refractivity contribution in [3.05, 3.63) is 40.1 Å². The van der Waals surface area contributed by atoms with E-state index in [0.29, 0.717) is 11.4 Å². The molecule has 114 valence electrons. The Morgan fingerprint density at radius 2 is 2.00 bits per heavy atom. The van der Waals surface area contributed by atoms with E-state index in [1.807, 2.05) is 26.0 Å². The Kier molecular flexibility index (Phi) is 4.55. The maximum atomic E-state index is 12.4. The maximum absolute atomic E-state index is 12.4. The fourth-order valence-electron chi connectivity index (χ4n) is 1.90. The minimum absolute atomic E-state index is 0.133. The van der Waals surface area contributed by atoms with Crippen molar-refractivity contribution in [2.75, 3.05) is 12.8 Å². The number of nitrogens with two attached hydrogens (primary N) is 1. The molecule has 1 heterocycles. The highest BCUT2D eigenvalue weighted by Gasteiger charge is 2.20. The second-order valence-electron chi connectivity index (χ2n) is 4.70. The van der Waals surface area contributed by atoms with Crippen molar-refractivity contribution in [3.8, 4) is 5.75 Å². The van der Waals surface area contributed by atoms with E-state index < -0.39 is 10.0 Å². The summed E-state index contributed by atoms with van der Waals surface area (Å²) in [5, 5.41) is 0. The molecular weight excluding hydrogens is 308 g/mol. The van der Waals surface area contributed by atoms with Crippen LogP contribution in [0.5, 0.6) is 5.75 Å². The van der Waals surface area contributed by atoms with Crippen molar-refractivity contribution in [3.63, 3.8) is 0 Å². The highest BCUT2D eigenvalue weighted by Crippen LogP contribution is 2.27. The summed E-state index contributed by atoms with van der Waals surface area (Å²) in [7, 11) is -2.18. The number of nitrogens with one attached hydrogen (secondary N) is 1. The van der Waals surface area contributed by atoms with Gasteiger partial charge in [-0.25, -0.2) is 13.1 Å². The minimum Gasteiger partial charge on any atom is -0.495 e. The van der Waals surface area contributed by atoms with Crippen LogP contribution in [0.15, 0.2) is 35.2 Å². The monoisotopic (exact) mass is 326 g/mol. The Hall–Kier alpha value is -1.57. The fourth-order valence-corrected chi connectivity index (χ4v) is 4.10. The summed E-state index contributed by atoms with van der Waals surface area (Å²) in [4.78, 5) is 2.25. The molecule has 0 radical (unpaired) electrons. The standard InChI is InChI=1S/C14H18N2O3S2/c1-9-4-7-14(20-9)10(2)16-21(17,18)11-5-6-12(15)13(8-11)19-3/h4-8,10,16H,15H2,1-3H3. The Labute approximate surface area is 128 Å². The first kappa shape index (κ1) is 15.8. The molecule has 0 fully saturated rings. The molecule has 7 heteroatoms. The Balaban J connectivity index is 2.26. The molecule has 0 aliphatic rings. The molecule has 0 aliphatic carbocycles. The molecule has 0 amide bonds. The van der Waals surface area contributed by atoms with Crippen LogP contribution < -0.4 is 15.2 Å². The van der Waals surface area contributed by atoms with E-state index in [9.17, 15) is 8.42 Å². The quantitative estimate of drug-likeness (QED) is 0.828. The van der Waals surface area contributed by atoms with Gasteiger partial charge in [-0.05, 0) is 38.1 Å². The largest absolute Gasteiger partial charge is 0.495 e. The molecule has 5 nitrogen and oxygen atoms in total. The zero-order valence-electron chi connectivity index (χ0n) is 12.1. The zero-order valence-corrected chi connectivity index (χ0v) is 13.7. The molecule has 0 spiro atoms. The third-order valence-electron chi connectivity index (χ3n) is 3.04. The maximum Gasteiger partial charge on any atom is 0.241 e. The highest BCUT2D eigenvalue weighted by atomic mass is 32.2. The van der Waals surface area contributed by atoms with Crippen molar-refractivity contribution in [1.82, 2.24) is 4.72 Å². The summed E-state index contributed by atoms with van der Waals surface area (Å²) < 4.78 is 32.5. The second-order valence-corrected chi connectivity index (χ2v) is 7.73. The number of sulfonamides is 1. The van der Waals surface area contributed by atoms with Crippen molar-refractivity contribution in [2.45, 2.75) is 24.8 Å². The first-order valence-electron chi connectivity index (χ1n) is 6.35. The van der Waals surface area contributed by atoms with Gasteiger partial charge >= 0.3 is 0 Å². The number of aryl methyl sites for hydroxylation is 1. The Morgan fingerprint density at radius 1 is 1.29 bits per heavy atom. The van der Waals surface area contributed by atoms with E-state index in [2.05, 4.69) is 4.72 Å². The first-order chi connectivity index (χ1) is 9.83. The van der Waals surface area contributed by atoms with Crippen LogP contribution in [-0.4, -0.2) is 15.5 Å². The lowest BCUT2D eigenvalue weighted by Gasteiger charge is -2.14. The van der Waals surface area contributed by atoms with Gasteiger partial charge in [0.05, 0.1) is 23.7 Å². The van der Waals surface area contributed by atoms with Crippen LogP contribution in [0, 0.1) is 6.92 Å². The van der Waals surface area contributed by atoms with Crippen LogP contribution in [0.2, 0.25) is 0 Å². The lowest BCUT2D eigenvalue weighted by atomic mass is 10.3. The van der Waals surface area contributed by atoms with E-state index in [0.717, 1.165) is 9.75 Å². The molecule has 1 atom stereocenters. The lowest BCUT2D eigenvalue weighted by molar-refractivity contribution is 0.415. The predicted octanol–water partition coefficient (Wildman–Crippen LogP) is 2.69. The van der Waals surface area contributed by atoms with E-state index in [1.165, 1.54) is 25.3 Å². The van der Waals surface area contributed by atoms with Crippen LogP contribution in [-0.2, 0) is 10.0 Å². The Bertz CT molecular complexity index is 738. The van der Waals surface area contributed by atoms with Gasteiger partial charge in [0.2, 0.25) is 10.0 Å². The molecule has 3 N–H and O–H groups in total. The average Bonchev–Trinajstić information content (AvgIpc) is 2.85. The third kappa shape index (κ3) is 3.55. The van der Waals surface area contributed by atoms with Crippen molar-refractivity contribution >= 4 is 27.0 Å². The summed E-state index contributed by atoms with van der Waals surface area (Å²) in [5.41, 5.74) is 6.10. The van der Waals surface area contributed by atoms with Crippen molar-refractivity contribution in [1.29, 1.82) is 0 Å². The van der Waals surface area contributed by atoms with Gasteiger partial charge in [0.25, 0.3) is 0 Å². The summed E-state index contributed by atoms with van der Waals surface area (Å²) >= 11 is 1.57. The van der Waals surface area contributed by atoms with Gasteiger partial charge in [-0.1, -0.05) is 0 Å². The van der Waals surface area contributed by atoms with Crippen LogP contribution in [0.1, 0.15) is 22.7 Å². The smallest absolute Gasteiger partial charge is 0.241 e. The molecule has 2 rings (SSSR count). The second kappa shape index (κ2) is 6.05. The molecule has 21 heavy (non-hydrogen) atoms. The fraction of sp³-hybridized carbons (Fsp3) is 0.286. The van der Waals surface area contributed by atoms with Gasteiger partial charge in [0, 0.05) is 15.8 Å². The highest BCUT2D eigenvalue weighted by molar-refractivity contribution is 7.89. The van der Waals surface area contributed by atoms with E-state index in [-0.39, 0.29) is 10.9 Å². The van der Waals surface area contributed by atoms with Crippen LogP contribution in [0.25, 0.3) is 0 Å². The first-order valence-corrected chi connectivity index (χ1v) is 8.65. The number of hydrogen-bond donors (Lipinski definition) is 2. The number of thiophene rings is 1. The molecule has 1 unspecified atom stereocenters. The van der Waals surface area contributed by atoms with Crippen LogP contribution >= 0.6 is 11.3 Å². The molecule has 1 aromatic carbocycles. The predicted molar refractivity (Wildman–Crippen MR) is 85.2 cm³/mol. The van der Waals surface area contributed by atoms with Gasteiger partial charge in [-0.2, -0.15) is 0 Å². The zero-order chi connectivity index (χ0) is 15.6. The van der Waals surface area contributed by atoms with Gasteiger partial charge in [-0.15, -0.1) is 11.3 Å². The number of ether oxygens (including phenoxy) is 1. The molecule has 0 aliphatic heterocycles. The molecule has 2 aromatic rings. The topological polar surface area (TPSA) is 81.4 Å². The number of rotatable bonds is 5. The van der Waals surface area contributed by atoms with Crippen LogP contribution in [0.4, 0.5) is 5.69 Å². The lowest BCUT2D eigenvalue weighted by Crippen LogP contribution is -2.26. The molecular formula is C14H18N2O3S2. The Morgan fingerprint density at radius 3 is 2.57 bits per heavy atom. The SMILES string of the molecule is COc1cc(S(=O)(=O)NC(C)c2ccc(C)s2)ccc1N. The van der Waals surface area contributed by atoms with Gasteiger partial charge in [0.15, 0.2) is 0 Å². The number of nitrogen functional groups attached to an aromatic ring is 1. The number of benzene rings is 1. The van der Waals surface area contributed by atoms with E-state index >= 15 is 0 Å². The number of hydrogen-bond acceptors (Lipinski definition) is 5. The van der Waals surface area contributed by atoms with Gasteiger partial charge < -0.3 is 10.5 Å². The number of anilines is 1. The average molecular weight is 326 g/mol. The summed E-state index contributed by atoms with van der Waals surface area (Å²) in [6.07, 6.45) is 0. The summed E-state index contributed by atoms with van der Waals surface area (Å²) in [6, 6.07) is 8.01. The van der Waals surface area contributed by atoms with Crippen molar-refractivity contribution < 1.29 is 13.2 Å². The molecule has 0 saturated carbocycles. The van der Waals surface area contributed by atoms with E-state index in [4.69, 9.17) is 10.5 Å². The third-order valence-corrected chi connectivity index (χ3v) is 5.76. The van der Waals surface area contributed by atoms with Crippen LogP contribution in [0.3, 0.4) is 0 Å². The number of methoxy groups -OCH3 is 1. The minimum atomic E-state index is -3.63. The van der Waals surface area contributed by atoms with Gasteiger partial charge in [0.1, 0.15) is 5.75 Å². The summed E-state index contributed by atoms with van der Waals surface area (Å²) in [6.45, 7) is 3.80. The van der Waals surface area contributed by atoms with Gasteiger partial charge in [-0.3, -0.25) is 0 Å². The molecule has 0 bridgehead atoms. The van der Waals surface area contributed by atoms with Crippen molar-refractivity contribution in [2.24, 2.45) is 0 Å².